The maximum absolute atomic E-state index is 11.4. The molecule has 1 N–H and O–H groups in total. The number of carbonyl (C=O) groups is 1. The van der Waals surface area contributed by atoms with Crippen LogP contribution < -0.4 is 5.32 Å². The number of hydrogen-bond donors (Lipinski definition) is 1. The van der Waals surface area contributed by atoms with Gasteiger partial charge in [0.1, 0.15) is 0 Å². The Kier molecular flexibility index (Phi) is 5.88. The van der Waals surface area contributed by atoms with Gasteiger partial charge in [-0.25, -0.2) is 9.78 Å². The van der Waals surface area contributed by atoms with Crippen molar-refractivity contribution < 1.29 is 9.53 Å². The third-order valence-corrected chi connectivity index (χ3v) is 4.42. The van der Waals surface area contributed by atoms with E-state index in [1.54, 1.807) is 0 Å². The molecule has 6 heteroatoms. The molecule has 4 nitrogen and oxygen atoms in total. The maximum Gasteiger partial charge on any atom is 0.351 e. The molecule has 102 valence electrons. The minimum atomic E-state index is -0.444. The van der Waals surface area contributed by atoms with Crippen molar-refractivity contribution in [3.05, 3.63) is 10.0 Å². The van der Waals surface area contributed by atoms with E-state index in [9.17, 15) is 4.79 Å². The van der Waals surface area contributed by atoms with Crippen LogP contribution in [0.15, 0.2) is 0 Å². The molecule has 1 heterocycles. The van der Waals surface area contributed by atoms with Gasteiger partial charge in [-0.2, -0.15) is 0 Å². The minimum Gasteiger partial charge on any atom is -0.465 e. The number of nitrogens with zero attached hydrogens (tertiary/aromatic N) is 1. The Bertz CT molecular complexity index is 405. The first-order chi connectivity index (χ1) is 8.53. The van der Waals surface area contributed by atoms with Crippen LogP contribution in [-0.2, 0) is 4.74 Å². The molecule has 0 aromatic carbocycles. The molecule has 0 fully saturated rings. The fourth-order valence-corrected chi connectivity index (χ4v) is 3.09. The zero-order chi connectivity index (χ0) is 13.7. The van der Waals surface area contributed by atoms with Gasteiger partial charge in [0.05, 0.1) is 7.11 Å². The highest BCUT2D eigenvalue weighted by atomic mass is 35.5. The summed E-state index contributed by atoms with van der Waals surface area (Å²) in [5.74, 6) is 0.134. The molecule has 18 heavy (non-hydrogen) atoms. The molecular formula is C12H19ClN2O2S. The number of anilines is 1. The van der Waals surface area contributed by atoms with Crippen molar-refractivity contribution in [2.75, 3.05) is 12.4 Å². The lowest BCUT2D eigenvalue weighted by Crippen LogP contribution is -2.24. The number of nitrogens with one attached hydrogen (secondary N) is 1. The van der Waals surface area contributed by atoms with Gasteiger partial charge in [0, 0.05) is 6.04 Å². The second-order valence-electron chi connectivity index (χ2n) is 4.14. The Hall–Kier alpha value is -0.810. The Labute approximate surface area is 117 Å². The van der Waals surface area contributed by atoms with Crippen LogP contribution in [-0.4, -0.2) is 24.1 Å². The number of aromatic nitrogens is 1. The number of esters is 1. The predicted octanol–water partition coefficient (Wildman–Crippen LogP) is 3.82. The number of halogens is 1. The van der Waals surface area contributed by atoms with Gasteiger partial charge in [-0.3, -0.25) is 0 Å². The first-order valence-corrected chi connectivity index (χ1v) is 7.24. The van der Waals surface area contributed by atoms with Gasteiger partial charge in [-0.05, 0) is 12.8 Å². The van der Waals surface area contributed by atoms with Crippen molar-refractivity contribution in [1.82, 2.24) is 4.98 Å². The third kappa shape index (κ3) is 3.59. The standard InChI is InChI=1S/C12H19ClN2O2S/c1-5-8(6-2)7(3)14-12-15-10(13)9(18-12)11(16)17-4/h7-8H,5-6H2,1-4H3,(H,14,15). The topological polar surface area (TPSA) is 51.2 Å². The first kappa shape index (κ1) is 15.2. The fraction of sp³-hybridized carbons (Fsp3) is 0.667. The van der Waals surface area contributed by atoms with Crippen LogP contribution in [0.2, 0.25) is 5.15 Å². The number of carbonyl (C=O) groups excluding carboxylic acids is 1. The second kappa shape index (κ2) is 6.95. The van der Waals surface area contributed by atoms with Gasteiger partial charge < -0.3 is 10.1 Å². The van der Waals surface area contributed by atoms with Gasteiger partial charge >= 0.3 is 5.97 Å². The highest BCUT2D eigenvalue weighted by Crippen LogP contribution is 2.29. The summed E-state index contributed by atoms with van der Waals surface area (Å²) >= 11 is 7.14. The highest BCUT2D eigenvalue weighted by Gasteiger charge is 2.20. The van der Waals surface area contributed by atoms with E-state index in [1.807, 2.05) is 0 Å². The quantitative estimate of drug-likeness (QED) is 0.809. The Morgan fingerprint density at radius 1 is 1.50 bits per heavy atom. The molecule has 1 aromatic rings. The zero-order valence-corrected chi connectivity index (χ0v) is 12.7. The lowest BCUT2D eigenvalue weighted by Gasteiger charge is -2.21. The van der Waals surface area contributed by atoms with Crippen molar-refractivity contribution in [3.63, 3.8) is 0 Å². The van der Waals surface area contributed by atoms with Gasteiger partial charge in [-0.1, -0.05) is 49.6 Å². The molecule has 0 aliphatic carbocycles. The van der Waals surface area contributed by atoms with Crippen molar-refractivity contribution in [2.24, 2.45) is 5.92 Å². The van der Waals surface area contributed by atoms with Crippen LogP contribution in [0.4, 0.5) is 5.13 Å². The van der Waals surface area contributed by atoms with Crippen molar-refractivity contribution in [3.8, 4) is 0 Å². The van der Waals surface area contributed by atoms with Crippen molar-refractivity contribution >= 4 is 34.0 Å². The summed E-state index contributed by atoms with van der Waals surface area (Å²) in [6, 6.07) is 0.299. The van der Waals surface area contributed by atoms with E-state index in [2.05, 4.69) is 35.8 Å². The summed E-state index contributed by atoms with van der Waals surface area (Å²) in [5, 5.41) is 4.17. The summed E-state index contributed by atoms with van der Waals surface area (Å²) < 4.78 is 4.64. The molecule has 0 amide bonds. The molecule has 1 unspecified atom stereocenters. The number of thiazole rings is 1. The Balaban J connectivity index is 2.77. The van der Waals surface area contributed by atoms with Gasteiger partial charge in [0.25, 0.3) is 0 Å². The summed E-state index contributed by atoms with van der Waals surface area (Å²) in [6.07, 6.45) is 2.21. The molecular weight excluding hydrogens is 272 g/mol. The zero-order valence-electron chi connectivity index (χ0n) is 11.1. The van der Waals surface area contributed by atoms with Crippen LogP contribution in [0.5, 0.6) is 0 Å². The number of ether oxygens (including phenoxy) is 1. The lowest BCUT2D eigenvalue weighted by atomic mass is 9.96. The second-order valence-corrected chi connectivity index (χ2v) is 5.50. The van der Waals surface area contributed by atoms with E-state index >= 15 is 0 Å². The van der Waals surface area contributed by atoms with Crippen molar-refractivity contribution in [1.29, 1.82) is 0 Å². The fourth-order valence-electron chi connectivity index (χ4n) is 1.89. The first-order valence-electron chi connectivity index (χ1n) is 6.04. The van der Waals surface area contributed by atoms with Crippen LogP contribution in [0.25, 0.3) is 0 Å². The summed E-state index contributed by atoms with van der Waals surface area (Å²) in [4.78, 5) is 15.9. The van der Waals surface area contributed by atoms with Gasteiger partial charge in [-0.15, -0.1) is 0 Å². The molecule has 0 aliphatic heterocycles. The molecule has 1 aromatic heterocycles. The average molecular weight is 291 g/mol. The van der Waals surface area contributed by atoms with Crippen LogP contribution in [0.3, 0.4) is 0 Å². The van der Waals surface area contributed by atoms with Crippen molar-refractivity contribution in [2.45, 2.75) is 39.7 Å². The molecule has 1 atom stereocenters. The third-order valence-electron chi connectivity index (χ3n) is 3.06. The van der Waals surface area contributed by atoms with Gasteiger partial charge in [0.15, 0.2) is 15.2 Å². The smallest absolute Gasteiger partial charge is 0.351 e. The molecule has 0 aliphatic rings. The predicted molar refractivity (Wildman–Crippen MR) is 75.6 cm³/mol. The molecule has 0 radical (unpaired) electrons. The average Bonchev–Trinajstić information content (AvgIpc) is 2.70. The Morgan fingerprint density at radius 2 is 2.11 bits per heavy atom. The molecule has 1 rings (SSSR count). The summed E-state index contributed by atoms with van der Waals surface area (Å²) in [7, 11) is 1.33. The number of methoxy groups -OCH3 is 1. The Morgan fingerprint density at radius 3 is 2.61 bits per heavy atom. The van der Waals surface area contributed by atoms with E-state index in [4.69, 9.17) is 11.6 Å². The van der Waals surface area contributed by atoms with Crippen LogP contribution in [0, 0.1) is 5.92 Å². The van der Waals surface area contributed by atoms with E-state index < -0.39 is 5.97 Å². The summed E-state index contributed by atoms with van der Waals surface area (Å²) in [5.41, 5.74) is 0. The number of rotatable bonds is 6. The van der Waals surface area contributed by atoms with Crippen LogP contribution >= 0.6 is 22.9 Å². The van der Waals surface area contributed by atoms with E-state index in [-0.39, 0.29) is 5.15 Å². The lowest BCUT2D eigenvalue weighted by molar-refractivity contribution is 0.0606. The SMILES string of the molecule is CCC(CC)C(C)Nc1nc(Cl)c(C(=O)OC)s1. The normalized spacial score (nSPS) is 12.6. The number of hydrogen-bond acceptors (Lipinski definition) is 5. The maximum atomic E-state index is 11.4. The molecule has 0 saturated heterocycles. The monoisotopic (exact) mass is 290 g/mol. The largest absolute Gasteiger partial charge is 0.465 e. The summed E-state index contributed by atoms with van der Waals surface area (Å²) in [6.45, 7) is 6.45. The minimum absolute atomic E-state index is 0.200. The van der Waals surface area contributed by atoms with Crippen LogP contribution in [0.1, 0.15) is 43.3 Å². The molecule has 0 bridgehead atoms. The van der Waals surface area contributed by atoms with E-state index in [1.165, 1.54) is 18.4 Å². The van der Waals surface area contributed by atoms with Gasteiger partial charge in [0.2, 0.25) is 0 Å². The van der Waals surface area contributed by atoms with E-state index in [0.29, 0.717) is 22.0 Å². The highest BCUT2D eigenvalue weighted by molar-refractivity contribution is 7.18. The molecule has 0 spiro atoms. The molecule has 0 saturated carbocycles. The van der Waals surface area contributed by atoms with E-state index in [0.717, 1.165) is 12.8 Å².